The van der Waals surface area contributed by atoms with Crippen LogP contribution in [0.15, 0.2) is 60.0 Å². The van der Waals surface area contributed by atoms with Crippen LogP contribution >= 0.6 is 0 Å². The number of ether oxygens (including phenoxy) is 1. The molecule has 0 bridgehead atoms. The van der Waals surface area contributed by atoms with Crippen LogP contribution in [0.25, 0.3) is 0 Å². The first kappa shape index (κ1) is 21.6. The lowest BCUT2D eigenvalue weighted by Crippen LogP contribution is -2.44. The molecule has 2 aromatic carbocycles. The van der Waals surface area contributed by atoms with Crippen molar-refractivity contribution in [2.45, 2.75) is 51.6 Å². The molecule has 6 heteroatoms. The van der Waals surface area contributed by atoms with E-state index in [1.165, 1.54) is 0 Å². The normalized spacial score (nSPS) is 18.9. The molecule has 0 saturated heterocycles. The topological polar surface area (TPSA) is 96.0 Å². The van der Waals surface area contributed by atoms with Gasteiger partial charge in [0.05, 0.1) is 0 Å². The van der Waals surface area contributed by atoms with E-state index in [-0.39, 0.29) is 23.6 Å². The number of carbonyl (C=O) groups excluding carboxylic acids is 1. The highest BCUT2D eigenvalue weighted by molar-refractivity contribution is 5.94. The predicted octanol–water partition coefficient (Wildman–Crippen LogP) is 4.69. The molecule has 4 N–H and O–H groups in total. The number of nitrogens with zero attached hydrogens (tertiary/aromatic N) is 1. The highest BCUT2D eigenvalue weighted by atomic mass is 16.6. The van der Waals surface area contributed by atoms with E-state index in [1.54, 1.807) is 29.2 Å². The van der Waals surface area contributed by atoms with Crippen LogP contribution in [0.2, 0.25) is 0 Å². The van der Waals surface area contributed by atoms with Gasteiger partial charge >= 0.3 is 5.97 Å². The Kier molecular flexibility index (Phi) is 6.55. The molecule has 1 unspecified atom stereocenters. The lowest BCUT2D eigenvalue weighted by atomic mass is 9.84. The number of aliphatic hydroxyl groups is 1. The van der Waals surface area contributed by atoms with Gasteiger partial charge in [-0.1, -0.05) is 31.5 Å². The van der Waals surface area contributed by atoms with E-state index in [0.29, 0.717) is 31.5 Å². The summed E-state index contributed by atoms with van der Waals surface area (Å²) in [4.78, 5) is 14.8. The van der Waals surface area contributed by atoms with E-state index in [0.717, 1.165) is 17.7 Å². The third-order valence-corrected chi connectivity index (χ3v) is 5.54. The maximum absolute atomic E-state index is 13.1. The molecule has 0 saturated carbocycles. The number of carbonyl (C=O) groups is 1. The van der Waals surface area contributed by atoms with Crippen molar-refractivity contribution in [3.8, 4) is 5.75 Å². The van der Waals surface area contributed by atoms with Crippen molar-refractivity contribution >= 4 is 17.3 Å². The second kappa shape index (κ2) is 9.11. The number of nitrogen functional groups attached to an aromatic ring is 1. The van der Waals surface area contributed by atoms with Gasteiger partial charge in [0, 0.05) is 24.3 Å². The molecule has 0 fully saturated rings. The zero-order chi connectivity index (χ0) is 21.7. The molecule has 160 valence electrons. The second-order valence-corrected chi connectivity index (χ2v) is 7.80. The highest BCUT2D eigenvalue weighted by Crippen LogP contribution is 2.38. The highest BCUT2D eigenvalue weighted by Gasteiger charge is 2.42. The number of likely N-dealkylation sites (N-methyl/N-ethyl adjacent to an activating group) is 1. The van der Waals surface area contributed by atoms with Gasteiger partial charge in [0.25, 0.3) is 0 Å². The first-order chi connectivity index (χ1) is 14.4. The number of rotatable bonds is 8. The van der Waals surface area contributed by atoms with Gasteiger partial charge in [0.1, 0.15) is 17.1 Å². The zero-order valence-corrected chi connectivity index (χ0v) is 17.6. The first-order valence-corrected chi connectivity index (χ1v) is 10.4. The van der Waals surface area contributed by atoms with Gasteiger partial charge in [0.2, 0.25) is 0 Å². The van der Waals surface area contributed by atoms with E-state index in [9.17, 15) is 15.0 Å². The summed E-state index contributed by atoms with van der Waals surface area (Å²) >= 11 is 0. The Hall–Kier alpha value is -3.15. The number of benzene rings is 2. The van der Waals surface area contributed by atoms with Crippen molar-refractivity contribution in [2.24, 2.45) is 0 Å². The Morgan fingerprint density at radius 3 is 2.43 bits per heavy atom. The number of phenols is 1. The van der Waals surface area contributed by atoms with Crippen LogP contribution in [0, 0.1) is 0 Å². The van der Waals surface area contributed by atoms with Crippen LogP contribution in [-0.4, -0.2) is 28.3 Å². The molecule has 1 aliphatic heterocycles. The van der Waals surface area contributed by atoms with Gasteiger partial charge in [-0.05, 0) is 62.1 Å². The van der Waals surface area contributed by atoms with E-state index >= 15 is 0 Å². The molecule has 0 amide bonds. The van der Waals surface area contributed by atoms with E-state index in [4.69, 9.17) is 10.5 Å². The minimum atomic E-state index is -0.744. The number of phenolic OH excluding ortho intramolecular Hbond substituents is 1. The number of anilines is 2. The molecule has 2 aromatic rings. The zero-order valence-electron chi connectivity index (χ0n) is 17.6. The van der Waals surface area contributed by atoms with Crippen LogP contribution in [0.3, 0.4) is 0 Å². The minimum absolute atomic E-state index is 0.0506. The molecule has 3 rings (SSSR count). The fourth-order valence-corrected chi connectivity index (χ4v) is 4.11. The standard InChI is InChI=1S/C24H30N2O4/c1-3-13-24(14-12-17-8-10-20(27)11-9-17)16-21(28)22(23(29)30-24)26(4-2)19-7-5-6-18(25)15-19/h5-11,15,27-28H,3-4,12-14,16,25H2,1-2H3. The summed E-state index contributed by atoms with van der Waals surface area (Å²) in [7, 11) is 0. The van der Waals surface area contributed by atoms with Gasteiger partial charge in [0.15, 0.2) is 5.70 Å². The first-order valence-electron chi connectivity index (χ1n) is 10.4. The molecule has 0 aromatic heterocycles. The van der Waals surface area contributed by atoms with E-state index < -0.39 is 11.6 Å². The SMILES string of the molecule is CCCC1(CCc2ccc(O)cc2)CC(O)=C(N(CC)c2cccc(N)c2)C(=O)O1. The van der Waals surface area contributed by atoms with Crippen molar-refractivity contribution in [3.05, 3.63) is 65.6 Å². The fraction of sp³-hybridized carbons (Fsp3) is 0.375. The summed E-state index contributed by atoms with van der Waals surface area (Å²) < 4.78 is 6.00. The smallest absolute Gasteiger partial charge is 0.359 e. The van der Waals surface area contributed by atoms with Crippen LogP contribution in [-0.2, 0) is 16.0 Å². The van der Waals surface area contributed by atoms with E-state index in [2.05, 4.69) is 0 Å². The summed E-state index contributed by atoms with van der Waals surface area (Å²) in [5.41, 5.74) is 7.71. The lowest BCUT2D eigenvalue weighted by Gasteiger charge is -2.39. The maximum atomic E-state index is 13.1. The summed E-state index contributed by atoms with van der Waals surface area (Å²) in [5.74, 6) is -0.241. The Morgan fingerprint density at radius 1 is 1.10 bits per heavy atom. The molecule has 1 heterocycles. The van der Waals surface area contributed by atoms with Crippen LogP contribution < -0.4 is 10.6 Å². The summed E-state index contributed by atoms with van der Waals surface area (Å²) in [5, 5.41) is 20.4. The number of aliphatic hydroxyl groups excluding tert-OH is 1. The van der Waals surface area contributed by atoms with Gasteiger partial charge in [-0.3, -0.25) is 0 Å². The van der Waals surface area contributed by atoms with Crippen LogP contribution in [0.5, 0.6) is 5.75 Å². The van der Waals surface area contributed by atoms with Crippen molar-refractivity contribution in [1.82, 2.24) is 0 Å². The molecular weight excluding hydrogens is 380 g/mol. The van der Waals surface area contributed by atoms with Crippen LogP contribution in [0.4, 0.5) is 11.4 Å². The monoisotopic (exact) mass is 410 g/mol. The number of hydrogen-bond acceptors (Lipinski definition) is 6. The van der Waals surface area contributed by atoms with Crippen molar-refractivity contribution in [3.63, 3.8) is 0 Å². The Balaban J connectivity index is 1.86. The van der Waals surface area contributed by atoms with Crippen LogP contribution in [0.1, 0.15) is 45.1 Å². The molecule has 0 radical (unpaired) electrons. The fourth-order valence-electron chi connectivity index (χ4n) is 4.11. The number of aromatic hydroxyl groups is 1. The predicted molar refractivity (Wildman–Crippen MR) is 118 cm³/mol. The molecule has 1 aliphatic rings. The molecule has 0 aliphatic carbocycles. The second-order valence-electron chi connectivity index (χ2n) is 7.80. The van der Waals surface area contributed by atoms with Crippen molar-refractivity contribution in [2.75, 3.05) is 17.2 Å². The molecular formula is C24H30N2O4. The van der Waals surface area contributed by atoms with Gasteiger partial charge in [-0.15, -0.1) is 0 Å². The minimum Gasteiger partial charge on any atom is -0.510 e. The van der Waals surface area contributed by atoms with Gasteiger partial charge in [-0.25, -0.2) is 4.79 Å². The Bertz CT molecular complexity index is 923. The molecule has 30 heavy (non-hydrogen) atoms. The number of hydrogen-bond donors (Lipinski definition) is 3. The average Bonchev–Trinajstić information content (AvgIpc) is 2.70. The van der Waals surface area contributed by atoms with E-state index in [1.807, 2.05) is 38.1 Å². The molecule has 6 nitrogen and oxygen atoms in total. The van der Waals surface area contributed by atoms with Crippen molar-refractivity contribution < 1.29 is 19.7 Å². The number of nitrogens with two attached hydrogens (primary N) is 1. The van der Waals surface area contributed by atoms with Gasteiger partial charge in [-0.2, -0.15) is 0 Å². The third-order valence-electron chi connectivity index (χ3n) is 5.54. The Labute approximate surface area is 177 Å². The summed E-state index contributed by atoms with van der Waals surface area (Å²) in [6.45, 7) is 4.44. The maximum Gasteiger partial charge on any atom is 0.359 e. The number of esters is 1. The number of cyclic esters (lactones) is 1. The van der Waals surface area contributed by atoms with Crippen molar-refractivity contribution in [1.29, 1.82) is 0 Å². The summed E-state index contributed by atoms with van der Waals surface area (Å²) in [6.07, 6.45) is 3.05. The third kappa shape index (κ3) is 4.70. The molecule has 1 atom stereocenters. The summed E-state index contributed by atoms with van der Waals surface area (Å²) in [6, 6.07) is 14.2. The lowest BCUT2D eigenvalue weighted by molar-refractivity contribution is -0.160. The Morgan fingerprint density at radius 2 is 1.83 bits per heavy atom. The quantitative estimate of drug-likeness (QED) is 0.432. The molecule has 0 spiro atoms. The largest absolute Gasteiger partial charge is 0.510 e. The van der Waals surface area contributed by atoms with Gasteiger partial charge < -0.3 is 25.6 Å². The average molecular weight is 411 g/mol. The number of aryl methyl sites for hydroxylation is 1.